The van der Waals surface area contributed by atoms with Crippen molar-refractivity contribution in [3.63, 3.8) is 0 Å². The first-order valence-electron chi connectivity index (χ1n) is 12.7. The lowest BCUT2D eigenvalue weighted by atomic mass is 9.97. The number of benzene rings is 2. The van der Waals surface area contributed by atoms with Crippen molar-refractivity contribution in [2.75, 3.05) is 43.6 Å². The zero-order valence-corrected chi connectivity index (χ0v) is 21.7. The van der Waals surface area contributed by atoms with Crippen LogP contribution in [0.2, 0.25) is 5.15 Å². The maximum absolute atomic E-state index is 6.02. The molecule has 0 saturated carbocycles. The van der Waals surface area contributed by atoms with E-state index in [1.54, 1.807) is 19.6 Å². The second kappa shape index (κ2) is 9.27. The normalized spacial score (nSPS) is 19.4. The maximum Gasteiger partial charge on any atom is 0.229 e. The topological polar surface area (TPSA) is 86.6 Å². The fraction of sp³-hybridized carbons (Fsp3) is 0.321. The molecular weight excluding hydrogens is 504 g/mol. The lowest BCUT2D eigenvalue weighted by molar-refractivity contribution is -0.172. The number of halogens is 1. The summed E-state index contributed by atoms with van der Waals surface area (Å²) in [5.41, 5.74) is 5.21. The van der Waals surface area contributed by atoms with E-state index >= 15 is 0 Å². The van der Waals surface area contributed by atoms with E-state index in [4.69, 9.17) is 35.8 Å². The number of fused-ring (bicyclic) bond motifs is 1. The van der Waals surface area contributed by atoms with Gasteiger partial charge in [-0.3, -0.25) is 0 Å². The van der Waals surface area contributed by atoms with Crippen molar-refractivity contribution in [3.05, 3.63) is 83.0 Å². The molecule has 2 aliphatic heterocycles. The predicted molar refractivity (Wildman–Crippen MR) is 144 cm³/mol. The van der Waals surface area contributed by atoms with Crippen LogP contribution in [0.15, 0.2) is 61.1 Å². The third kappa shape index (κ3) is 4.07. The zero-order chi connectivity index (χ0) is 25.7. The number of nitrogens with one attached hydrogen (secondary N) is 1. The van der Waals surface area contributed by atoms with E-state index in [0.29, 0.717) is 43.2 Å². The molecular formula is C28H27ClN6O3. The molecule has 1 atom stereocenters. The fourth-order valence-electron chi connectivity index (χ4n) is 5.66. The minimum atomic E-state index is -0.498. The largest absolute Gasteiger partial charge is 0.494 e. The van der Waals surface area contributed by atoms with Gasteiger partial charge in [-0.1, -0.05) is 41.9 Å². The molecule has 4 heterocycles. The molecule has 38 heavy (non-hydrogen) atoms. The third-order valence-corrected chi connectivity index (χ3v) is 7.67. The first kappa shape index (κ1) is 23.5. The van der Waals surface area contributed by atoms with Gasteiger partial charge >= 0.3 is 0 Å². The molecule has 1 unspecified atom stereocenters. The summed E-state index contributed by atoms with van der Waals surface area (Å²) in [6.07, 6.45) is 5.34. The SMILES string of the molecule is COc1cc(Nc2nc3c(c(N4CC5(C4)OCCO5)n2)CCC3c2ccccc2)ccc1-n1cnc(Cl)c1. The number of anilines is 3. The fourth-order valence-corrected chi connectivity index (χ4v) is 5.81. The summed E-state index contributed by atoms with van der Waals surface area (Å²) in [6, 6.07) is 16.4. The Morgan fingerprint density at radius 2 is 1.89 bits per heavy atom. The summed E-state index contributed by atoms with van der Waals surface area (Å²) < 4.78 is 19.3. The molecule has 9 nitrogen and oxygen atoms in total. The minimum absolute atomic E-state index is 0.227. The van der Waals surface area contributed by atoms with Crippen LogP contribution in [0.1, 0.15) is 29.2 Å². The lowest BCUT2D eigenvalue weighted by Crippen LogP contribution is -2.63. The lowest BCUT2D eigenvalue weighted by Gasteiger charge is -2.46. The van der Waals surface area contributed by atoms with Gasteiger partial charge in [-0.2, -0.15) is 4.98 Å². The standard InChI is InChI=1S/C28H27ClN6O3/c1-36-23-13-19(7-10-22(23)34-14-24(29)30-17-34)31-27-32-25-20(18-5-3-2-4-6-18)8-9-21(25)26(33-27)35-15-28(16-35)37-11-12-38-28/h2-7,10,13-14,17,20H,8-9,11-12,15-16H2,1H3,(H,31,32,33). The van der Waals surface area contributed by atoms with Crippen molar-refractivity contribution in [2.45, 2.75) is 24.5 Å². The van der Waals surface area contributed by atoms with Crippen LogP contribution in [0, 0.1) is 0 Å². The van der Waals surface area contributed by atoms with Crippen molar-refractivity contribution >= 4 is 29.1 Å². The van der Waals surface area contributed by atoms with E-state index in [-0.39, 0.29) is 5.92 Å². The zero-order valence-electron chi connectivity index (χ0n) is 20.9. The molecule has 4 aromatic rings. The van der Waals surface area contributed by atoms with Gasteiger partial charge in [0.2, 0.25) is 11.7 Å². The van der Waals surface area contributed by atoms with Crippen molar-refractivity contribution in [1.29, 1.82) is 0 Å². The van der Waals surface area contributed by atoms with E-state index in [9.17, 15) is 0 Å². The van der Waals surface area contributed by atoms with E-state index in [1.807, 2.05) is 28.8 Å². The summed E-state index contributed by atoms with van der Waals surface area (Å²) in [7, 11) is 1.64. The van der Waals surface area contributed by atoms with Crippen LogP contribution in [-0.2, 0) is 15.9 Å². The molecule has 3 aliphatic rings. The molecule has 0 bridgehead atoms. The first-order chi connectivity index (χ1) is 18.6. The van der Waals surface area contributed by atoms with Gasteiger partial charge in [0.25, 0.3) is 0 Å². The van der Waals surface area contributed by atoms with Crippen molar-refractivity contribution in [3.8, 4) is 11.4 Å². The van der Waals surface area contributed by atoms with Crippen LogP contribution in [0.3, 0.4) is 0 Å². The highest BCUT2D eigenvalue weighted by Crippen LogP contribution is 2.44. The van der Waals surface area contributed by atoms with Crippen LogP contribution in [-0.4, -0.2) is 58.7 Å². The average molecular weight is 531 g/mol. The quantitative estimate of drug-likeness (QED) is 0.383. The number of ether oxygens (including phenoxy) is 3. The first-order valence-corrected chi connectivity index (χ1v) is 13.1. The van der Waals surface area contributed by atoms with Crippen LogP contribution in [0.4, 0.5) is 17.5 Å². The summed E-state index contributed by atoms with van der Waals surface area (Å²) >= 11 is 6.02. The number of hydrogen-bond donors (Lipinski definition) is 1. The van der Waals surface area contributed by atoms with Crippen molar-refractivity contribution in [1.82, 2.24) is 19.5 Å². The molecule has 7 rings (SSSR count). The van der Waals surface area contributed by atoms with Crippen molar-refractivity contribution < 1.29 is 14.2 Å². The molecule has 2 aromatic heterocycles. The summed E-state index contributed by atoms with van der Waals surface area (Å²) in [6.45, 7) is 2.62. The monoisotopic (exact) mass is 530 g/mol. The number of nitrogens with zero attached hydrogens (tertiary/aromatic N) is 5. The van der Waals surface area contributed by atoms with Gasteiger partial charge in [-0.25, -0.2) is 9.97 Å². The van der Waals surface area contributed by atoms with Gasteiger partial charge < -0.3 is 29.0 Å². The molecule has 2 aromatic carbocycles. The van der Waals surface area contributed by atoms with Gasteiger partial charge in [0.1, 0.15) is 23.0 Å². The second-order valence-corrected chi connectivity index (χ2v) is 10.2. The number of rotatable bonds is 6. The molecule has 2 fully saturated rings. The number of hydrogen-bond acceptors (Lipinski definition) is 8. The van der Waals surface area contributed by atoms with Crippen molar-refractivity contribution in [2.24, 2.45) is 0 Å². The molecule has 1 N–H and O–H groups in total. The Balaban J connectivity index is 1.24. The average Bonchev–Trinajstić information content (AvgIpc) is 3.68. The van der Waals surface area contributed by atoms with Gasteiger partial charge in [-0.05, 0) is 30.5 Å². The number of methoxy groups -OCH3 is 1. The van der Waals surface area contributed by atoms with Gasteiger partial charge in [0.15, 0.2) is 0 Å². The smallest absolute Gasteiger partial charge is 0.229 e. The Morgan fingerprint density at radius 1 is 1.08 bits per heavy atom. The molecule has 2 saturated heterocycles. The number of aromatic nitrogens is 4. The van der Waals surface area contributed by atoms with E-state index in [1.165, 1.54) is 11.1 Å². The van der Waals surface area contributed by atoms with Crippen LogP contribution in [0.5, 0.6) is 5.75 Å². The van der Waals surface area contributed by atoms with Gasteiger partial charge in [-0.15, -0.1) is 0 Å². The third-order valence-electron chi connectivity index (χ3n) is 7.47. The second-order valence-electron chi connectivity index (χ2n) is 9.82. The van der Waals surface area contributed by atoms with E-state index < -0.39 is 5.79 Å². The summed E-state index contributed by atoms with van der Waals surface area (Å²) in [4.78, 5) is 16.4. The molecule has 0 radical (unpaired) electrons. The van der Waals surface area contributed by atoms with E-state index in [0.717, 1.165) is 35.7 Å². The molecule has 10 heteroatoms. The Kier molecular flexibility index (Phi) is 5.72. The van der Waals surface area contributed by atoms with Gasteiger partial charge in [0.05, 0.1) is 44.8 Å². The maximum atomic E-state index is 6.02. The highest BCUT2D eigenvalue weighted by Gasteiger charge is 2.50. The highest BCUT2D eigenvalue weighted by atomic mass is 35.5. The molecule has 194 valence electrons. The van der Waals surface area contributed by atoms with Crippen LogP contribution >= 0.6 is 11.6 Å². The Morgan fingerprint density at radius 3 is 2.63 bits per heavy atom. The predicted octanol–water partition coefficient (Wildman–Crippen LogP) is 4.71. The highest BCUT2D eigenvalue weighted by molar-refractivity contribution is 6.29. The molecule has 1 spiro atoms. The van der Waals surface area contributed by atoms with Crippen LogP contribution in [0.25, 0.3) is 5.69 Å². The minimum Gasteiger partial charge on any atom is -0.494 e. The van der Waals surface area contributed by atoms with E-state index in [2.05, 4.69) is 39.5 Å². The molecule has 0 amide bonds. The Labute approximate surface area is 225 Å². The Bertz CT molecular complexity index is 1480. The number of imidazole rings is 1. The molecule has 1 aliphatic carbocycles. The summed E-state index contributed by atoms with van der Waals surface area (Å²) in [5.74, 6) is 1.91. The van der Waals surface area contributed by atoms with Gasteiger partial charge in [0, 0.05) is 29.4 Å². The summed E-state index contributed by atoms with van der Waals surface area (Å²) in [5, 5.41) is 3.85. The Hall–Kier alpha value is -3.66. The van der Waals surface area contributed by atoms with Crippen LogP contribution < -0.4 is 15.0 Å².